The molecule has 0 aliphatic carbocycles. The Morgan fingerprint density at radius 2 is 2.10 bits per heavy atom. The lowest BCUT2D eigenvalue weighted by Crippen LogP contribution is -2.41. The fourth-order valence-electron chi connectivity index (χ4n) is 2.49. The Labute approximate surface area is 123 Å². The number of hydrogen-bond donors (Lipinski definition) is 1. The predicted molar refractivity (Wildman–Crippen MR) is 80.5 cm³/mol. The van der Waals surface area contributed by atoms with Gasteiger partial charge in [0.2, 0.25) is 0 Å². The van der Waals surface area contributed by atoms with Crippen LogP contribution in [-0.2, 0) is 4.74 Å². The minimum atomic E-state index is -0.155. The molecule has 1 amide bonds. The van der Waals surface area contributed by atoms with Crippen LogP contribution in [0.3, 0.4) is 0 Å². The summed E-state index contributed by atoms with van der Waals surface area (Å²) in [5.74, 6) is 0.217. The van der Waals surface area contributed by atoms with Gasteiger partial charge in [-0.3, -0.25) is 9.69 Å². The maximum absolute atomic E-state index is 12.1. The van der Waals surface area contributed by atoms with E-state index in [4.69, 9.17) is 9.15 Å². The predicted octanol–water partition coefficient (Wildman–Crippen LogP) is 1.80. The van der Waals surface area contributed by atoms with Crippen LogP contribution in [0, 0.1) is 6.92 Å². The monoisotopic (exact) mass is 288 g/mol. The molecule has 3 rings (SSSR count). The van der Waals surface area contributed by atoms with Gasteiger partial charge in [-0.25, -0.2) is 0 Å². The van der Waals surface area contributed by atoms with Crippen molar-refractivity contribution in [2.24, 2.45) is 0 Å². The second-order valence-corrected chi connectivity index (χ2v) is 5.36. The largest absolute Gasteiger partial charge is 0.451 e. The van der Waals surface area contributed by atoms with Gasteiger partial charge in [-0.15, -0.1) is 0 Å². The van der Waals surface area contributed by atoms with E-state index in [0.717, 1.165) is 49.4 Å². The molecule has 21 heavy (non-hydrogen) atoms. The lowest BCUT2D eigenvalue weighted by Gasteiger charge is -2.26. The number of carbonyl (C=O) groups is 1. The minimum absolute atomic E-state index is 0.155. The third-order valence-corrected chi connectivity index (χ3v) is 3.72. The highest BCUT2D eigenvalue weighted by molar-refractivity contribution is 5.96. The third kappa shape index (κ3) is 3.43. The van der Waals surface area contributed by atoms with E-state index in [1.165, 1.54) is 0 Å². The minimum Gasteiger partial charge on any atom is -0.451 e. The number of fused-ring (bicyclic) bond motifs is 1. The zero-order valence-electron chi connectivity index (χ0n) is 12.2. The molecule has 0 atom stereocenters. The highest BCUT2D eigenvalue weighted by Gasteiger charge is 2.13. The molecule has 0 bridgehead atoms. The van der Waals surface area contributed by atoms with Crippen LogP contribution in [0.15, 0.2) is 28.7 Å². The number of hydrogen-bond acceptors (Lipinski definition) is 4. The molecule has 1 aromatic carbocycles. The first kappa shape index (κ1) is 14.1. The van der Waals surface area contributed by atoms with E-state index in [1.54, 1.807) is 6.07 Å². The number of furan rings is 1. The normalized spacial score (nSPS) is 16.2. The summed E-state index contributed by atoms with van der Waals surface area (Å²) in [6.07, 6.45) is 0. The molecule has 0 saturated carbocycles. The SMILES string of the molecule is Cc1ccc2cc(C(=O)NCCN3CCOCC3)oc2c1. The number of nitrogens with one attached hydrogen (secondary N) is 1. The van der Waals surface area contributed by atoms with Gasteiger partial charge < -0.3 is 14.5 Å². The van der Waals surface area contributed by atoms with Gasteiger partial charge in [-0.2, -0.15) is 0 Å². The van der Waals surface area contributed by atoms with E-state index >= 15 is 0 Å². The molecule has 1 N–H and O–H groups in total. The second kappa shape index (κ2) is 6.28. The van der Waals surface area contributed by atoms with Crippen molar-refractivity contribution in [3.05, 3.63) is 35.6 Å². The molecule has 0 radical (unpaired) electrons. The first-order chi connectivity index (χ1) is 10.2. The zero-order chi connectivity index (χ0) is 14.7. The number of benzene rings is 1. The van der Waals surface area contributed by atoms with Crippen molar-refractivity contribution in [2.45, 2.75) is 6.92 Å². The van der Waals surface area contributed by atoms with Gasteiger partial charge in [-0.05, 0) is 24.6 Å². The van der Waals surface area contributed by atoms with Crippen LogP contribution in [0.2, 0.25) is 0 Å². The molecule has 1 fully saturated rings. The van der Waals surface area contributed by atoms with Crippen molar-refractivity contribution in [1.29, 1.82) is 0 Å². The van der Waals surface area contributed by atoms with Crippen molar-refractivity contribution in [1.82, 2.24) is 10.2 Å². The molecule has 1 aromatic heterocycles. The van der Waals surface area contributed by atoms with Crippen LogP contribution in [0.4, 0.5) is 0 Å². The van der Waals surface area contributed by atoms with Crippen molar-refractivity contribution in [3.63, 3.8) is 0 Å². The standard InChI is InChI=1S/C16H20N2O3/c1-12-2-3-13-11-15(21-14(13)10-12)16(19)17-4-5-18-6-8-20-9-7-18/h2-3,10-11H,4-9H2,1H3,(H,17,19). The number of ether oxygens (including phenoxy) is 1. The fraction of sp³-hybridized carbons (Fsp3) is 0.438. The molecular formula is C16H20N2O3. The van der Waals surface area contributed by atoms with E-state index in [9.17, 15) is 4.79 Å². The van der Waals surface area contributed by atoms with Gasteiger partial charge in [0.25, 0.3) is 5.91 Å². The lowest BCUT2D eigenvalue weighted by molar-refractivity contribution is 0.0382. The van der Waals surface area contributed by atoms with Crippen molar-refractivity contribution >= 4 is 16.9 Å². The number of aryl methyl sites for hydroxylation is 1. The van der Waals surface area contributed by atoms with Gasteiger partial charge in [0.05, 0.1) is 13.2 Å². The van der Waals surface area contributed by atoms with Crippen LogP contribution >= 0.6 is 0 Å². The number of rotatable bonds is 4. The molecule has 2 aromatic rings. The van der Waals surface area contributed by atoms with E-state index in [0.29, 0.717) is 12.3 Å². The van der Waals surface area contributed by atoms with Gasteiger partial charge in [0, 0.05) is 31.6 Å². The summed E-state index contributed by atoms with van der Waals surface area (Å²) in [5.41, 5.74) is 1.88. The van der Waals surface area contributed by atoms with E-state index in [2.05, 4.69) is 10.2 Å². The highest BCUT2D eigenvalue weighted by Crippen LogP contribution is 2.20. The summed E-state index contributed by atoms with van der Waals surface area (Å²) in [6.45, 7) is 6.88. The van der Waals surface area contributed by atoms with Gasteiger partial charge in [0.15, 0.2) is 5.76 Å². The Bertz CT molecular complexity index is 629. The Kier molecular flexibility index (Phi) is 4.22. The van der Waals surface area contributed by atoms with Gasteiger partial charge in [-0.1, -0.05) is 12.1 Å². The number of nitrogens with zero attached hydrogens (tertiary/aromatic N) is 1. The Hall–Kier alpha value is -1.85. The molecule has 0 spiro atoms. The quantitative estimate of drug-likeness (QED) is 0.932. The summed E-state index contributed by atoms with van der Waals surface area (Å²) >= 11 is 0. The molecule has 5 nitrogen and oxygen atoms in total. The molecule has 5 heteroatoms. The summed E-state index contributed by atoms with van der Waals surface area (Å²) in [5, 5.41) is 3.86. The maximum Gasteiger partial charge on any atom is 0.287 e. The average Bonchev–Trinajstić information content (AvgIpc) is 2.91. The van der Waals surface area contributed by atoms with Crippen molar-refractivity contribution in [3.8, 4) is 0 Å². The van der Waals surface area contributed by atoms with Crippen LogP contribution < -0.4 is 5.32 Å². The topological polar surface area (TPSA) is 54.7 Å². The Balaban J connectivity index is 1.56. The zero-order valence-corrected chi connectivity index (χ0v) is 12.2. The smallest absolute Gasteiger partial charge is 0.287 e. The number of morpholine rings is 1. The fourth-order valence-corrected chi connectivity index (χ4v) is 2.49. The molecular weight excluding hydrogens is 268 g/mol. The highest BCUT2D eigenvalue weighted by atomic mass is 16.5. The van der Waals surface area contributed by atoms with Gasteiger partial charge in [0.1, 0.15) is 5.58 Å². The van der Waals surface area contributed by atoms with Crippen LogP contribution in [0.25, 0.3) is 11.0 Å². The Morgan fingerprint density at radius 1 is 1.29 bits per heavy atom. The van der Waals surface area contributed by atoms with E-state index in [-0.39, 0.29) is 5.91 Å². The summed E-state index contributed by atoms with van der Waals surface area (Å²) in [7, 11) is 0. The third-order valence-electron chi connectivity index (χ3n) is 3.72. The second-order valence-electron chi connectivity index (χ2n) is 5.36. The Morgan fingerprint density at radius 3 is 2.90 bits per heavy atom. The first-order valence-electron chi connectivity index (χ1n) is 7.31. The summed E-state index contributed by atoms with van der Waals surface area (Å²) in [6, 6.07) is 7.72. The lowest BCUT2D eigenvalue weighted by atomic mass is 10.2. The number of carbonyl (C=O) groups excluding carboxylic acids is 1. The van der Waals surface area contributed by atoms with Crippen LogP contribution in [0.1, 0.15) is 16.1 Å². The maximum atomic E-state index is 12.1. The molecule has 0 unspecified atom stereocenters. The molecule has 2 heterocycles. The van der Waals surface area contributed by atoms with Crippen LogP contribution in [-0.4, -0.2) is 50.2 Å². The molecule has 112 valence electrons. The van der Waals surface area contributed by atoms with E-state index in [1.807, 2.05) is 25.1 Å². The van der Waals surface area contributed by atoms with E-state index < -0.39 is 0 Å². The van der Waals surface area contributed by atoms with Crippen LogP contribution in [0.5, 0.6) is 0 Å². The average molecular weight is 288 g/mol. The first-order valence-corrected chi connectivity index (χ1v) is 7.31. The molecule has 1 aliphatic heterocycles. The van der Waals surface area contributed by atoms with Crippen molar-refractivity contribution < 1.29 is 13.9 Å². The van der Waals surface area contributed by atoms with Crippen molar-refractivity contribution in [2.75, 3.05) is 39.4 Å². The summed E-state index contributed by atoms with van der Waals surface area (Å²) in [4.78, 5) is 14.4. The molecule has 1 saturated heterocycles. The van der Waals surface area contributed by atoms with Gasteiger partial charge >= 0.3 is 0 Å². The number of amides is 1. The molecule has 1 aliphatic rings. The summed E-state index contributed by atoms with van der Waals surface area (Å²) < 4.78 is 10.9.